The number of hydrogen-bond acceptors (Lipinski definition) is 4. The fourth-order valence-corrected chi connectivity index (χ4v) is 3.22. The van der Waals surface area contributed by atoms with Gasteiger partial charge >= 0.3 is 5.97 Å². The highest BCUT2D eigenvalue weighted by molar-refractivity contribution is 6.22. The lowest BCUT2D eigenvalue weighted by atomic mass is 9.78. The molecule has 4 heteroatoms. The van der Waals surface area contributed by atoms with Crippen LogP contribution in [0.3, 0.4) is 0 Å². The summed E-state index contributed by atoms with van der Waals surface area (Å²) in [4.78, 5) is 24.8. The Labute approximate surface area is 142 Å². The van der Waals surface area contributed by atoms with E-state index in [0.29, 0.717) is 24.8 Å². The largest absolute Gasteiger partial charge is 0.496 e. The summed E-state index contributed by atoms with van der Waals surface area (Å²) in [5, 5.41) is 0. The number of esters is 1. The average Bonchev–Trinajstić information content (AvgIpc) is 2.55. The molecular weight excluding hydrogens is 304 g/mol. The zero-order valence-electron chi connectivity index (χ0n) is 14.5. The molecule has 0 bridgehead atoms. The van der Waals surface area contributed by atoms with Crippen LogP contribution >= 0.6 is 0 Å². The van der Waals surface area contributed by atoms with Crippen molar-refractivity contribution in [2.75, 3.05) is 0 Å². The van der Waals surface area contributed by atoms with Crippen LogP contribution in [0.1, 0.15) is 45.6 Å². The molecule has 4 nitrogen and oxygen atoms in total. The number of Topliss-reactive ketones (excluding diaryl/α,β-unsaturated/α-hetero) is 1. The lowest BCUT2D eigenvalue weighted by Crippen LogP contribution is -2.42. The zero-order chi connectivity index (χ0) is 17.3. The number of hydrogen-bond donors (Lipinski definition) is 0. The first-order valence-corrected chi connectivity index (χ1v) is 8.52. The van der Waals surface area contributed by atoms with Gasteiger partial charge in [0.05, 0.1) is 23.2 Å². The molecule has 0 saturated heterocycles. The summed E-state index contributed by atoms with van der Waals surface area (Å²) < 4.78 is 11.4. The fourth-order valence-electron chi connectivity index (χ4n) is 3.22. The van der Waals surface area contributed by atoms with Crippen LogP contribution in [-0.4, -0.2) is 24.0 Å². The van der Waals surface area contributed by atoms with Crippen molar-refractivity contribution in [3.05, 3.63) is 42.2 Å². The lowest BCUT2D eigenvalue weighted by Gasteiger charge is -2.38. The molecule has 3 atom stereocenters. The average molecular weight is 328 g/mol. The molecule has 128 valence electrons. The number of ether oxygens (including phenoxy) is 2. The number of ketones is 1. The topological polar surface area (TPSA) is 52.6 Å². The first-order chi connectivity index (χ1) is 11.4. The molecule has 0 radical (unpaired) electrons. The van der Waals surface area contributed by atoms with Gasteiger partial charge in [-0.3, -0.25) is 9.59 Å². The van der Waals surface area contributed by atoms with Crippen molar-refractivity contribution in [1.82, 2.24) is 0 Å². The molecule has 2 aliphatic rings. The highest BCUT2D eigenvalue weighted by atomic mass is 16.5. The second-order valence-corrected chi connectivity index (χ2v) is 7.63. The van der Waals surface area contributed by atoms with E-state index in [2.05, 4.69) is 0 Å². The molecule has 1 aliphatic carbocycles. The van der Waals surface area contributed by atoms with Crippen molar-refractivity contribution in [1.29, 1.82) is 0 Å². The summed E-state index contributed by atoms with van der Waals surface area (Å²) in [6.07, 6.45) is 3.19. The molecule has 24 heavy (non-hydrogen) atoms. The Morgan fingerprint density at radius 2 is 1.88 bits per heavy atom. The Bertz CT molecular complexity index is 654. The third-order valence-electron chi connectivity index (χ3n) is 4.68. The van der Waals surface area contributed by atoms with Crippen molar-refractivity contribution >= 4 is 17.3 Å². The van der Waals surface area contributed by atoms with Crippen LogP contribution < -0.4 is 0 Å². The minimum atomic E-state index is -0.513. The van der Waals surface area contributed by atoms with Crippen LogP contribution in [0.25, 0.3) is 5.57 Å². The maximum Gasteiger partial charge on any atom is 0.311 e. The molecule has 0 N–H and O–H groups in total. The van der Waals surface area contributed by atoms with E-state index in [1.807, 2.05) is 51.1 Å². The van der Waals surface area contributed by atoms with Gasteiger partial charge in [0.2, 0.25) is 0 Å². The Morgan fingerprint density at radius 1 is 1.17 bits per heavy atom. The first-order valence-electron chi connectivity index (χ1n) is 8.52. The van der Waals surface area contributed by atoms with Crippen LogP contribution in [-0.2, 0) is 19.1 Å². The maximum atomic E-state index is 12.8. The maximum absolute atomic E-state index is 12.8. The molecule has 0 amide bonds. The molecule has 3 unspecified atom stereocenters. The van der Waals surface area contributed by atoms with Gasteiger partial charge in [-0.1, -0.05) is 30.3 Å². The van der Waals surface area contributed by atoms with Gasteiger partial charge in [-0.05, 0) is 39.2 Å². The molecule has 1 aliphatic heterocycles. The van der Waals surface area contributed by atoms with Crippen molar-refractivity contribution in [3.8, 4) is 0 Å². The number of carbonyl (C=O) groups excluding carboxylic acids is 2. The quantitative estimate of drug-likeness (QED) is 0.776. The van der Waals surface area contributed by atoms with E-state index in [1.165, 1.54) is 0 Å². The standard InChI is InChI=1S/C20H24O4/c1-20(2,3)19(22)24-14-9-10-15-17(11-14)23-12-16(18(15)21)13-7-5-4-6-8-13/h4-8,12,14-15,17H,9-11H2,1-3H3. The van der Waals surface area contributed by atoms with E-state index in [9.17, 15) is 9.59 Å². The number of benzene rings is 1. The smallest absolute Gasteiger partial charge is 0.311 e. The number of fused-ring (bicyclic) bond motifs is 1. The third-order valence-corrected chi connectivity index (χ3v) is 4.68. The van der Waals surface area contributed by atoms with Crippen molar-refractivity contribution in [2.45, 2.75) is 52.2 Å². The monoisotopic (exact) mass is 328 g/mol. The summed E-state index contributed by atoms with van der Waals surface area (Å²) in [5.41, 5.74) is 1.02. The Morgan fingerprint density at radius 3 is 2.54 bits per heavy atom. The molecular formula is C20H24O4. The van der Waals surface area contributed by atoms with Crippen LogP contribution in [0.2, 0.25) is 0 Å². The van der Waals surface area contributed by atoms with Crippen LogP contribution in [0.15, 0.2) is 36.6 Å². The van der Waals surface area contributed by atoms with Gasteiger partial charge in [0.1, 0.15) is 12.2 Å². The molecule has 1 saturated carbocycles. The molecule has 1 fully saturated rings. The van der Waals surface area contributed by atoms with Crippen LogP contribution in [0.4, 0.5) is 0 Å². The minimum Gasteiger partial charge on any atom is -0.496 e. The van der Waals surface area contributed by atoms with Gasteiger partial charge in [0.25, 0.3) is 0 Å². The van der Waals surface area contributed by atoms with Crippen molar-refractivity contribution in [3.63, 3.8) is 0 Å². The first kappa shape index (κ1) is 16.7. The summed E-state index contributed by atoms with van der Waals surface area (Å²) >= 11 is 0. The SMILES string of the molecule is CC(C)(C)C(=O)OC1CCC2C(=O)C(c3ccccc3)=COC2C1. The van der Waals surface area contributed by atoms with E-state index in [0.717, 1.165) is 5.56 Å². The predicted molar refractivity (Wildman–Crippen MR) is 91.0 cm³/mol. The van der Waals surface area contributed by atoms with Crippen LogP contribution in [0, 0.1) is 11.3 Å². The number of allylic oxidation sites excluding steroid dienone is 1. The summed E-state index contributed by atoms with van der Waals surface area (Å²) in [6, 6.07) is 9.60. The molecule has 1 aromatic carbocycles. The summed E-state index contributed by atoms with van der Waals surface area (Å²) in [7, 11) is 0. The van der Waals surface area contributed by atoms with E-state index in [1.54, 1.807) is 6.26 Å². The van der Waals surface area contributed by atoms with Gasteiger partial charge in [-0.15, -0.1) is 0 Å². The number of carbonyl (C=O) groups is 2. The van der Waals surface area contributed by atoms with E-state index in [-0.39, 0.29) is 29.9 Å². The highest BCUT2D eigenvalue weighted by Gasteiger charge is 2.42. The normalized spacial score (nSPS) is 26.9. The fraction of sp³-hybridized carbons (Fsp3) is 0.500. The van der Waals surface area contributed by atoms with E-state index < -0.39 is 5.41 Å². The third kappa shape index (κ3) is 3.37. The minimum absolute atomic E-state index is 0.137. The second kappa shape index (κ2) is 6.42. The number of rotatable bonds is 2. The molecule has 0 aromatic heterocycles. The lowest BCUT2D eigenvalue weighted by molar-refractivity contribution is -0.163. The summed E-state index contributed by atoms with van der Waals surface area (Å²) in [5.74, 6) is -0.207. The van der Waals surface area contributed by atoms with Crippen molar-refractivity contribution in [2.24, 2.45) is 11.3 Å². The Kier molecular flexibility index (Phi) is 4.48. The predicted octanol–water partition coefficient (Wildman–Crippen LogP) is 3.75. The highest BCUT2D eigenvalue weighted by Crippen LogP contribution is 2.37. The summed E-state index contributed by atoms with van der Waals surface area (Å²) in [6.45, 7) is 5.53. The van der Waals surface area contributed by atoms with Crippen LogP contribution in [0.5, 0.6) is 0 Å². The molecule has 0 spiro atoms. The Hall–Kier alpha value is -2.10. The van der Waals surface area contributed by atoms with Gasteiger partial charge in [-0.25, -0.2) is 0 Å². The van der Waals surface area contributed by atoms with Gasteiger partial charge in [0.15, 0.2) is 5.78 Å². The second-order valence-electron chi connectivity index (χ2n) is 7.63. The Balaban J connectivity index is 1.69. The van der Waals surface area contributed by atoms with Gasteiger partial charge in [-0.2, -0.15) is 0 Å². The molecule has 1 aromatic rings. The van der Waals surface area contributed by atoms with Gasteiger partial charge < -0.3 is 9.47 Å². The van der Waals surface area contributed by atoms with Crippen molar-refractivity contribution < 1.29 is 19.1 Å². The molecule has 1 heterocycles. The van der Waals surface area contributed by atoms with E-state index in [4.69, 9.17) is 9.47 Å². The zero-order valence-corrected chi connectivity index (χ0v) is 14.5. The molecule has 3 rings (SSSR count). The van der Waals surface area contributed by atoms with Gasteiger partial charge in [0, 0.05) is 6.42 Å². The van der Waals surface area contributed by atoms with E-state index >= 15 is 0 Å².